The SMILES string of the molecule is CC/C=C\C/C=C\C/C=C\C/C=C\C/C=C\CCCCCCCC(=O)OC(COC(=O)CCCCCCCCCC/C=C\C/C=C\C/C=C\C/C=C\CC)COC(=O)CCCCCCCCCCCCCCCCCCCCCCCCC. The Morgan fingerprint density at radius 1 is 0.253 bits per heavy atom. The smallest absolute Gasteiger partial charge is 0.306 e. The van der Waals surface area contributed by atoms with Crippen LogP contribution in [0.1, 0.15) is 342 Å². The molecular weight excluding hydrogens is 1020 g/mol. The maximum absolute atomic E-state index is 13.0. The van der Waals surface area contributed by atoms with Gasteiger partial charge in [-0.05, 0) is 103 Å². The summed E-state index contributed by atoms with van der Waals surface area (Å²) < 4.78 is 17.0. The molecule has 0 aromatic rings. The summed E-state index contributed by atoms with van der Waals surface area (Å²) >= 11 is 0. The molecule has 0 saturated carbocycles. The Kier molecular flexibility index (Phi) is 67.2. The standard InChI is InChI=1S/C77H132O6/c1-4-7-10-13-16-19-22-25-28-31-34-37-38-41-43-46-49-52-55-58-61-64-67-70-76(79)82-73-74(83-77(80)71-68-65-62-59-56-53-50-47-44-40-36-33-30-27-24-21-18-15-12-9-6-3)72-81-75(78)69-66-63-60-57-54-51-48-45-42-39-35-32-29-26-23-20-17-14-11-8-5-2/h8-9,11-12,17-18,20-21,26-27,29-30,35-36,39-40,47,50,74H,4-7,10,13-16,19,22-25,28,31-34,37-38,41-46,48-49,51-73H2,1-3H3/b11-8-,12-9-,20-17-,21-18-,29-26-,30-27-,39-35-,40-36-,50-47-. The number of ether oxygens (including phenoxy) is 3. The third-order valence-electron chi connectivity index (χ3n) is 15.3. The van der Waals surface area contributed by atoms with Gasteiger partial charge in [0.05, 0.1) is 0 Å². The van der Waals surface area contributed by atoms with Crippen LogP contribution in [-0.2, 0) is 28.6 Å². The number of unbranched alkanes of at least 4 members (excludes halogenated alkanes) is 35. The second kappa shape index (κ2) is 70.6. The van der Waals surface area contributed by atoms with E-state index >= 15 is 0 Å². The molecule has 83 heavy (non-hydrogen) atoms. The maximum atomic E-state index is 13.0. The monoisotopic (exact) mass is 1150 g/mol. The zero-order valence-electron chi connectivity index (χ0n) is 54.7. The van der Waals surface area contributed by atoms with Gasteiger partial charge in [-0.25, -0.2) is 0 Å². The Bertz CT molecular complexity index is 1660. The molecule has 0 fully saturated rings. The van der Waals surface area contributed by atoms with Gasteiger partial charge in [-0.3, -0.25) is 14.4 Å². The van der Waals surface area contributed by atoms with Crippen LogP contribution in [0.4, 0.5) is 0 Å². The summed E-state index contributed by atoms with van der Waals surface area (Å²) in [6, 6.07) is 0. The number of carbonyl (C=O) groups excluding carboxylic acids is 3. The summed E-state index contributed by atoms with van der Waals surface area (Å²) in [6.07, 6.45) is 96.8. The molecule has 6 nitrogen and oxygen atoms in total. The summed E-state index contributed by atoms with van der Waals surface area (Å²) in [5.74, 6) is -0.899. The second-order valence-corrected chi connectivity index (χ2v) is 23.4. The molecule has 0 aliphatic carbocycles. The molecule has 0 spiro atoms. The maximum Gasteiger partial charge on any atom is 0.306 e. The highest BCUT2D eigenvalue weighted by molar-refractivity contribution is 5.71. The lowest BCUT2D eigenvalue weighted by molar-refractivity contribution is -0.167. The fourth-order valence-corrected chi connectivity index (χ4v) is 10.1. The van der Waals surface area contributed by atoms with Gasteiger partial charge in [0, 0.05) is 19.3 Å². The molecule has 0 rings (SSSR count). The molecule has 6 heteroatoms. The third-order valence-corrected chi connectivity index (χ3v) is 15.3. The van der Waals surface area contributed by atoms with Crippen LogP contribution in [0.15, 0.2) is 109 Å². The van der Waals surface area contributed by atoms with Crippen LogP contribution in [-0.4, -0.2) is 37.2 Å². The average Bonchev–Trinajstić information content (AvgIpc) is 3.49. The van der Waals surface area contributed by atoms with Crippen molar-refractivity contribution in [1.29, 1.82) is 0 Å². The molecular formula is C77H132O6. The second-order valence-electron chi connectivity index (χ2n) is 23.4. The molecule has 0 amide bonds. The molecule has 0 N–H and O–H groups in total. The van der Waals surface area contributed by atoms with E-state index in [4.69, 9.17) is 14.2 Å². The van der Waals surface area contributed by atoms with Gasteiger partial charge < -0.3 is 14.2 Å². The van der Waals surface area contributed by atoms with Crippen molar-refractivity contribution in [3.8, 4) is 0 Å². The van der Waals surface area contributed by atoms with E-state index in [0.717, 1.165) is 141 Å². The fourth-order valence-electron chi connectivity index (χ4n) is 10.1. The number of hydrogen-bond acceptors (Lipinski definition) is 6. The van der Waals surface area contributed by atoms with Gasteiger partial charge in [0.15, 0.2) is 6.10 Å². The van der Waals surface area contributed by atoms with Crippen LogP contribution < -0.4 is 0 Å². The predicted octanol–water partition coefficient (Wildman–Crippen LogP) is 24.6. The summed E-state index contributed by atoms with van der Waals surface area (Å²) in [5.41, 5.74) is 0. The number of allylic oxidation sites excluding steroid dienone is 18. The van der Waals surface area contributed by atoms with E-state index in [9.17, 15) is 14.4 Å². The minimum Gasteiger partial charge on any atom is -0.462 e. The zero-order chi connectivity index (χ0) is 59.9. The fraction of sp³-hybridized carbons (Fsp3) is 0.727. The van der Waals surface area contributed by atoms with Crippen molar-refractivity contribution in [3.05, 3.63) is 109 Å². The van der Waals surface area contributed by atoms with Gasteiger partial charge in [0.25, 0.3) is 0 Å². The highest BCUT2D eigenvalue weighted by Crippen LogP contribution is 2.18. The summed E-state index contributed by atoms with van der Waals surface area (Å²) in [7, 11) is 0. The van der Waals surface area contributed by atoms with Gasteiger partial charge in [-0.15, -0.1) is 0 Å². The van der Waals surface area contributed by atoms with Crippen molar-refractivity contribution in [2.75, 3.05) is 13.2 Å². The minimum absolute atomic E-state index is 0.0869. The van der Waals surface area contributed by atoms with Gasteiger partial charge in [0.2, 0.25) is 0 Å². The molecule has 476 valence electrons. The molecule has 0 bridgehead atoms. The first kappa shape index (κ1) is 79.1. The van der Waals surface area contributed by atoms with Gasteiger partial charge >= 0.3 is 17.9 Å². The van der Waals surface area contributed by atoms with Gasteiger partial charge in [0.1, 0.15) is 13.2 Å². The van der Waals surface area contributed by atoms with Crippen LogP contribution in [0.5, 0.6) is 0 Å². The Hall–Kier alpha value is -3.93. The van der Waals surface area contributed by atoms with Crippen molar-refractivity contribution in [3.63, 3.8) is 0 Å². The largest absolute Gasteiger partial charge is 0.462 e. The van der Waals surface area contributed by atoms with Crippen molar-refractivity contribution in [2.24, 2.45) is 0 Å². The molecule has 1 atom stereocenters. The van der Waals surface area contributed by atoms with Crippen LogP contribution in [0.3, 0.4) is 0 Å². The molecule has 1 unspecified atom stereocenters. The molecule has 0 heterocycles. The summed E-state index contributed by atoms with van der Waals surface area (Å²) in [5, 5.41) is 0. The number of esters is 3. The van der Waals surface area contributed by atoms with Crippen molar-refractivity contribution in [2.45, 2.75) is 348 Å². The summed E-state index contributed by atoms with van der Waals surface area (Å²) in [6.45, 7) is 6.44. The lowest BCUT2D eigenvalue weighted by atomic mass is 10.0. The highest BCUT2D eigenvalue weighted by atomic mass is 16.6. The molecule has 0 aliphatic rings. The molecule has 0 aromatic heterocycles. The number of rotatable bonds is 64. The van der Waals surface area contributed by atoms with Crippen LogP contribution >= 0.6 is 0 Å². The van der Waals surface area contributed by atoms with E-state index in [2.05, 4.69) is 130 Å². The quantitative estimate of drug-likeness (QED) is 0.0261. The lowest BCUT2D eigenvalue weighted by Crippen LogP contribution is -2.30. The Morgan fingerprint density at radius 2 is 0.470 bits per heavy atom. The first-order chi connectivity index (χ1) is 41.0. The molecule has 0 aliphatic heterocycles. The van der Waals surface area contributed by atoms with Crippen LogP contribution in [0.2, 0.25) is 0 Å². The van der Waals surface area contributed by atoms with E-state index in [1.54, 1.807) is 0 Å². The first-order valence-corrected chi connectivity index (χ1v) is 35.4. The molecule has 0 radical (unpaired) electrons. The van der Waals surface area contributed by atoms with E-state index in [1.807, 2.05) is 0 Å². The Balaban J connectivity index is 4.41. The number of hydrogen-bond donors (Lipinski definition) is 0. The zero-order valence-corrected chi connectivity index (χ0v) is 54.7. The Labute approximate surface area is 514 Å². The normalized spacial score (nSPS) is 12.8. The third kappa shape index (κ3) is 68.7. The van der Waals surface area contributed by atoms with E-state index in [-0.39, 0.29) is 31.1 Å². The van der Waals surface area contributed by atoms with Crippen molar-refractivity contribution in [1.82, 2.24) is 0 Å². The van der Waals surface area contributed by atoms with Crippen LogP contribution in [0.25, 0.3) is 0 Å². The molecule has 0 saturated heterocycles. The van der Waals surface area contributed by atoms with E-state index < -0.39 is 6.10 Å². The van der Waals surface area contributed by atoms with Gasteiger partial charge in [-0.1, -0.05) is 329 Å². The van der Waals surface area contributed by atoms with Crippen LogP contribution in [0, 0.1) is 0 Å². The summed E-state index contributed by atoms with van der Waals surface area (Å²) in [4.78, 5) is 38.5. The first-order valence-electron chi connectivity index (χ1n) is 35.4. The minimum atomic E-state index is -0.795. The predicted molar refractivity (Wildman–Crippen MR) is 362 cm³/mol. The van der Waals surface area contributed by atoms with Crippen molar-refractivity contribution < 1.29 is 28.6 Å². The van der Waals surface area contributed by atoms with Gasteiger partial charge in [-0.2, -0.15) is 0 Å². The van der Waals surface area contributed by atoms with E-state index in [1.165, 1.54) is 161 Å². The highest BCUT2D eigenvalue weighted by Gasteiger charge is 2.19. The number of carbonyl (C=O) groups is 3. The average molecular weight is 1150 g/mol. The lowest BCUT2D eigenvalue weighted by Gasteiger charge is -2.18. The van der Waals surface area contributed by atoms with E-state index in [0.29, 0.717) is 19.3 Å². The Morgan fingerprint density at radius 3 is 0.735 bits per heavy atom. The topological polar surface area (TPSA) is 78.9 Å². The van der Waals surface area contributed by atoms with Crippen molar-refractivity contribution >= 4 is 17.9 Å². The molecule has 0 aromatic carbocycles.